The smallest absolute Gasteiger partial charge is 0.267 e. The van der Waals surface area contributed by atoms with Crippen LogP contribution in [-0.2, 0) is 18.6 Å². The third-order valence-electron chi connectivity index (χ3n) is 5.75. The molecule has 0 saturated carbocycles. The Hall–Kier alpha value is -2.57. The minimum absolute atomic E-state index is 0.0568. The molecule has 4 nitrogen and oxygen atoms in total. The van der Waals surface area contributed by atoms with E-state index >= 15 is 0 Å². The van der Waals surface area contributed by atoms with Crippen LogP contribution in [0.25, 0.3) is 15.9 Å². The summed E-state index contributed by atoms with van der Waals surface area (Å²) in [6, 6.07) is 16.2. The van der Waals surface area contributed by atoms with E-state index < -0.39 is 0 Å². The van der Waals surface area contributed by atoms with Gasteiger partial charge in [-0.05, 0) is 68.0 Å². The van der Waals surface area contributed by atoms with Gasteiger partial charge in [0.25, 0.3) is 5.56 Å². The quantitative estimate of drug-likeness (QED) is 0.280. The SMILES string of the molecule is COc1cccc(CSc2nc3sc4c(c3c(=O)n2-c2ccc(C)cc2)CCCC4)c1. The molecule has 1 aliphatic carbocycles. The number of aryl methyl sites for hydroxylation is 3. The highest BCUT2D eigenvalue weighted by molar-refractivity contribution is 7.98. The Labute approximate surface area is 189 Å². The summed E-state index contributed by atoms with van der Waals surface area (Å²) >= 11 is 3.30. The maximum atomic E-state index is 13.8. The van der Waals surface area contributed by atoms with Crippen LogP contribution >= 0.6 is 23.1 Å². The van der Waals surface area contributed by atoms with Gasteiger partial charge in [0.1, 0.15) is 10.6 Å². The van der Waals surface area contributed by atoms with Crippen molar-refractivity contribution in [3.63, 3.8) is 0 Å². The fourth-order valence-corrected chi connectivity index (χ4v) is 6.37. The minimum atomic E-state index is 0.0568. The number of hydrogen-bond acceptors (Lipinski definition) is 5. The molecule has 2 heterocycles. The number of aromatic nitrogens is 2. The van der Waals surface area contributed by atoms with Crippen molar-refractivity contribution in [1.29, 1.82) is 0 Å². The van der Waals surface area contributed by atoms with Crippen LogP contribution in [0.5, 0.6) is 5.75 Å². The molecule has 5 rings (SSSR count). The largest absolute Gasteiger partial charge is 0.497 e. The van der Waals surface area contributed by atoms with Crippen molar-refractivity contribution in [2.24, 2.45) is 0 Å². The predicted octanol–water partition coefficient (Wildman–Crippen LogP) is 5.94. The van der Waals surface area contributed by atoms with Gasteiger partial charge in [-0.1, -0.05) is 41.6 Å². The molecule has 0 aliphatic heterocycles. The van der Waals surface area contributed by atoms with Crippen molar-refractivity contribution < 1.29 is 4.74 Å². The molecule has 158 valence electrons. The lowest BCUT2D eigenvalue weighted by Crippen LogP contribution is -2.22. The maximum Gasteiger partial charge on any atom is 0.267 e. The second kappa shape index (κ2) is 8.52. The predicted molar refractivity (Wildman–Crippen MR) is 129 cm³/mol. The zero-order valence-electron chi connectivity index (χ0n) is 17.7. The molecule has 2 aromatic heterocycles. The first-order valence-corrected chi connectivity index (χ1v) is 12.3. The first-order chi connectivity index (χ1) is 15.1. The summed E-state index contributed by atoms with van der Waals surface area (Å²) in [5, 5.41) is 1.56. The topological polar surface area (TPSA) is 44.1 Å². The van der Waals surface area contributed by atoms with E-state index in [0.29, 0.717) is 5.75 Å². The van der Waals surface area contributed by atoms with Crippen molar-refractivity contribution >= 4 is 33.3 Å². The van der Waals surface area contributed by atoms with Gasteiger partial charge < -0.3 is 4.74 Å². The number of thioether (sulfide) groups is 1. The number of hydrogen-bond donors (Lipinski definition) is 0. The zero-order chi connectivity index (χ0) is 21.4. The molecule has 2 aromatic carbocycles. The second-order valence-corrected chi connectivity index (χ2v) is 9.93. The Morgan fingerprint density at radius 3 is 2.74 bits per heavy atom. The monoisotopic (exact) mass is 448 g/mol. The summed E-state index contributed by atoms with van der Waals surface area (Å²) in [6.07, 6.45) is 4.39. The van der Waals surface area contributed by atoms with Crippen LogP contribution in [0, 0.1) is 6.92 Å². The van der Waals surface area contributed by atoms with Crippen molar-refractivity contribution in [1.82, 2.24) is 9.55 Å². The lowest BCUT2D eigenvalue weighted by molar-refractivity contribution is 0.414. The highest BCUT2D eigenvalue weighted by atomic mass is 32.2. The van der Waals surface area contributed by atoms with Gasteiger partial charge in [0.15, 0.2) is 5.16 Å². The summed E-state index contributed by atoms with van der Waals surface area (Å²) in [5.74, 6) is 1.55. The Morgan fingerprint density at radius 2 is 1.94 bits per heavy atom. The third kappa shape index (κ3) is 3.90. The average molecular weight is 449 g/mol. The molecular weight excluding hydrogens is 424 g/mol. The van der Waals surface area contributed by atoms with E-state index in [4.69, 9.17) is 9.72 Å². The number of ether oxygens (including phenoxy) is 1. The average Bonchev–Trinajstić information content (AvgIpc) is 3.17. The van der Waals surface area contributed by atoms with Crippen LogP contribution in [-0.4, -0.2) is 16.7 Å². The van der Waals surface area contributed by atoms with Gasteiger partial charge in [-0.3, -0.25) is 9.36 Å². The van der Waals surface area contributed by atoms with Gasteiger partial charge >= 0.3 is 0 Å². The normalized spacial score (nSPS) is 13.4. The lowest BCUT2D eigenvalue weighted by atomic mass is 9.97. The summed E-state index contributed by atoms with van der Waals surface area (Å²) in [4.78, 5) is 21.0. The van der Waals surface area contributed by atoms with Gasteiger partial charge in [0, 0.05) is 10.6 Å². The highest BCUT2D eigenvalue weighted by Crippen LogP contribution is 2.35. The van der Waals surface area contributed by atoms with E-state index in [9.17, 15) is 4.79 Å². The van der Waals surface area contributed by atoms with Crippen LogP contribution in [0.15, 0.2) is 58.5 Å². The number of rotatable bonds is 5. The molecule has 31 heavy (non-hydrogen) atoms. The van der Waals surface area contributed by atoms with E-state index in [2.05, 4.69) is 13.0 Å². The Balaban J connectivity index is 1.63. The lowest BCUT2D eigenvalue weighted by Gasteiger charge is -2.14. The van der Waals surface area contributed by atoms with Crippen LogP contribution in [0.2, 0.25) is 0 Å². The molecule has 0 N–H and O–H groups in total. The number of methoxy groups -OCH3 is 1. The van der Waals surface area contributed by atoms with Gasteiger partial charge in [0.2, 0.25) is 0 Å². The number of benzene rings is 2. The molecule has 1 aliphatic rings. The van der Waals surface area contributed by atoms with Gasteiger partial charge in [0.05, 0.1) is 18.2 Å². The molecule has 0 fully saturated rings. The summed E-state index contributed by atoms with van der Waals surface area (Å²) in [6.45, 7) is 2.06. The van der Waals surface area contributed by atoms with Crippen LogP contribution in [0.1, 0.15) is 34.4 Å². The van der Waals surface area contributed by atoms with E-state index in [1.807, 2.05) is 42.5 Å². The molecule has 0 bridgehead atoms. The van der Waals surface area contributed by atoms with E-state index in [-0.39, 0.29) is 5.56 Å². The third-order valence-corrected chi connectivity index (χ3v) is 7.95. The van der Waals surface area contributed by atoms with Gasteiger partial charge in [-0.15, -0.1) is 11.3 Å². The molecule has 0 amide bonds. The van der Waals surface area contributed by atoms with Crippen LogP contribution < -0.4 is 10.3 Å². The van der Waals surface area contributed by atoms with Gasteiger partial charge in [-0.2, -0.15) is 0 Å². The fourth-order valence-electron chi connectivity index (χ4n) is 4.11. The van der Waals surface area contributed by atoms with Crippen molar-refractivity contribution in [2.75, 3.05) is 7.11 Å². The zero-order valence-corrected chi connectivity index (χ0v) is 19.3. The number of fused-ring (bicyclic) bond motifs is 3. The van der Waals surface area contributed by atoms with E-state index in [1.54, 1.807) is 34.8 Å². The van der Waals surface area contributed by atoms with Gasteiger partial charge in [-0.25, -0.2) is 4.98 Å². The van der Waals surface area contributed by atoms with Crippen LogP contribution in [0.3, 0.4) is 0 Å². The molecular formula is C25H24N2O2S2. The summed E-state index contributed by atoms with van der Waals surface area (Å²) < 4.78 is 7.16. The Kier molecular flexibility index (Phi) is 5.59. The second-order valence-electron chi connectivity index (χ2n) is 7.90. The first kappa shape index (κ1) is 20.3. The standard InChI is InChI=1S/C25H24N2O2S2/c1-16-10-12-18(13-11-16)27-24(28)22-20-8-3-4-9-21(20)31-23(22)26-25(27)30-15-17-6-5-7-19(14-17)29-2/h5-7,10-14H,3-4,8-9,15H2,1-2H3. The first-order valence-electron chi connectivity index (χ1n) is 10.5. The summed E-state index contributed by atoms with van der Waals surface area (Å²) in [5.41, 5.74) is 4.47. The van der Waals surface area contributed by atoms with E-state index in [0.717, 1.165) is 51.6 Å². The molecule has 0 unspecified atom stereocenters. The number of thiophene rings is 1. The van der Waals surface area contributed by atoms with Crippen molar-refractivity contribution in [3.05, 3.63) is 80.5 Å². The van der Waals surface area contributed by atoms with Crippen molar-refractivity contribution in [3.8, 4) is 11.4 Å². The molecule has 6 heteroatoms. The fraction of sp³-hybridized carbons (Fsp3) is 0.280. The Morgan fingerprint density at radius 1 is 1.13 bits per heavy atom. The van der Waals surface area contributed by atoms with E-state index in [1.165, 1.54) is 22.4 Å². The molecule has 0 saturated heterocycles. The summed E-state index contributed by atoms with van der Waals surface area (Å²) in [7, 11) is 1.68. The maximum absolute atomic E-state index is 13.8. The molecule has 0 atom stereocenters. The number of nitrogens with zero attached hydrogens (tertiary/aromatic N) is 2. The molecule has 0 spiro atoms. The molecule has 4 aromatic rings. The Bertz CT molecular complexity index is 1310. The minimum Gasteiger partial charge on any atom is -0.497 e. The van der Waals surface area contributed by atoms with Crippen molar-refractivity contribution in [2.45, 2.75) is 43.5 Å². The highest BCUT2D eigenvalue weighted by Gasteiger charge is 2.23. The molecule has 0 radical (unpaired) electrons. The van der Waals surface area contributed by atoms with Crippen LogP contribution in [0.4, 0.5) is 0 Å².